The molecule has 3 N–H and O–H groups in total. The minimum absolute atomic E-state index is 0.157. The van der Waals surface area contributed by atoms with Gasteiger partial charge in [0.25, 0.3) is 0 Å². The van der Waals surface area contributed by atoms with Crippen molar-refractivity contribution in [2.75, 3.05) is 31.6 Å². The van der Waals surface area contributed by atoms with Gasteiger partial charge in [0, 0.05) is 21.8 Å². The van der Waals surface area contributed by atoms with Gasteiger partial charge in [-0.25, -0.2) is 4.79 Å². The maximum absolute atomic E-state index is 11.7. The zero-order valence-electron chi connectivity index (χ0n) is 12.7. The number of hydrogen-bond donors (Lipinski definition) is 3. The largest absolute Gasteiger partial charge is 0.395 e. The Bertz CT molecular complexity index is 467. The molecule has 0 saturated carbocycles. The number of rotatable bonds is 7. The number of nitrogens with one attached hydrogen (secondary N) is 2. The van der Waals surface area contributed by atoms with Gasteiger partial charge in [-0.2, -0.15) is 0 Å². The van der Waals surface area contributed by atoms with E-state index in [1.54, 1.807) is 0 Å². The van der Waals surface area contributed by atoms with Crippen molar-refractivity contribution in [3.63, 3.8) is 0 Å². The highest BCUT2D eigenvalue weighted by Crippen LogP contribution is 2.16. The smallest absolute Gasteiger partial charge is 0.319 e. The lowest BCUT2D eigenvalue weighted by atomic mass is 10.2. The number of hydrogen-bond acceptors (Lipinski definition) is 3. The molecule has 0 aliphatic carbocycles. The van der Waals surface area contributed by atoms with Crippen molar-refractivity contribution >= 4 is 34.3 Å². The molecule has 0 aromatic heterocycles. The molecule has 1 unspecified atom stereocenters. The molecule has 0 bridgehead atoms. The number of anilines is 1. The molecule has 2 amide bonds. The van der Waals surface area contributed by atoms with Crippen LogP contribution in [-0.4, -0.2) is 48.3 Å². The third-order valence-corrected chi connectivity index (χ3v) is 4.69. The summed E-state index contributed by atoms with van der Waals surface area (Å²) in [6.45, 7) is 3.03. The van der Waals surface area contributed by atoms with Gasteiger partial charge in [0.05, 0.1) is 6.61 Å². The number of amides is 2. The Kier molecular flexibility index (Phi) is 7.41. The van der Waals surface area contributed by atoms with Crippen molar-refractivity contribution in [3.05, 3.63) is 27.8 Å². The van der Waals surface area contributed by atoms with Crippen LogP contribution in [0.3, 0.4) is 0 Å². The summed E-state index contributed by atoms with van der Waals surface area (Å²) in [5.41, 5.74) is 0.806. The van der Waals surface area contributed by atoms with Gasteiger partial charge >= 0.3 is 6.03 Å². The lowest BCUT2D eigenvalue weighted by molar-refractivity contribution is 0.157. The molecular formula is C16H24IN3O2. The maximum atomic E-state index is 11.7. The fraction of sp³-hybridized carbons (Fsp3) is 0.562. The molecule has 1 fully saturated rings. The molecule has 1 saturated heterocycles. The van der Waals surface area contributed by atoms with E-state index in [9.17, 15) is 9.90 Å². The van der Waals surface area contributed by atoms with Crippen LogP contribution in [0.1, 0.15) is 25.7 Å². The van der Waals surface area contributed by atoms with Crippen LogP contribution in [-0.2, 0) is 0 Å². The Labute approximate surface area is 145 Å². The summed E-state index contributed by atoms with van der Waals surface area (Å²) < 4.78 is 1.15. The van der Waals surface area contributed by atoms with E-state index in [1.807, 2.05) is 24.3 Å². The summed E-state index contributed by atoms with van der Waals surface area (Å²) in [6.07, 6.45) is 4.28. The number of nitrogens with zero attached hydrogens (tertiary/aromatic N) is 1. The van der Waals surface area contributed by atoms with Gasteiger partial charge in [0.2, 0.25) is 0 Å². The Balaban J connectivity index is 1.56. The third-order valence-electron chi connectivity index (χ3n) is 3.97. The Hall–Kier alpha value is -0.860. The van der Waals surface area contributed by atoms with E-state index in [1.165, 1.54) is 6.42 Å². The molecule has 122 valence electrons. The van der Waals surface area contributed by atoms with Gasteiger partial charge in [0.1, 0.15) is 0 Å². The van der Waals surface area contributed by atoms with E-state index >= 15 is 0 Å². The summed E-state index contributed by atoms with van der Waals surface area (Å²) in [5.74, 6) is 0. The Morgan fingerprint density at radius 2 is 2.09 bits per heavy atom. The minimum atomic E-state index is -0.157. The molecule has 1 aromatic rings. The summed E-state index contributed by atoms with van der Waals surface area (Å²) >= 11 is 2.23. The zero-order valence-corrected chi connectivity index (χ0v) is 14.9. The molecule has 5 nitrogen and oxygen atoms in total. The summed E-state index contributed by atoms with van der Waals surface area (Å²) in [5, 5.41) is 15.0. The summed E-state index contributed by atoms with van der Waals surface area (Å²) in [7, 11) is 0. The molecule has 0 spiro atoms. The number of likely N-dealkylation sites (tertiary alicyclic amines) is 1. The van der Waals surface area contributed by atoms with Crippen molar-refractivity contribution in [3.8, 4) is 0 Å². The first-order chi connectivity index (χ1) is 10.7. The lowest BCUT2D eigenvalue weighted by Crippen LogP contribution is -2.34. The van der Waals surface area contributed by atoms with E-state index in [2.05, 4.69) is 38.1 Å². The van der Waals surface area contributed by atoms with E-state index in [0.717, 1.165) is 41.6 Å². The van der Waals surface area contributed by atoms with Crippen LogP contribution in [0.5, 0.6) is 0 Å². The standard InChI is InChI=1S/C16H24IN3O2/c17-13-5-7-14(8-6-13)19-16(22)18-9-1-2-10-20-11-3-4-15(20)12-21/h5-8,15,21H,1-4,9-12H2,(H2,18,19,22). The molecule has 1 aliphatic heterocycles. The molecule has 1 aromatic carbocycles. The first kappa shape index (κ1) is 17.5. The number of aliphatic hydroxyl groups excluding tert-OH is 1. The molecule has 0 radical (unpaired) electrons. The first-order valence-corrected chi connectivity index (χ1v) is 8.92. The zero-order chi connectivity index (χ0) is 15.8. The van der Waals surface area contributed by atoms with E-state index < -0.39 is 0 Å². The van der Waals surface area contributed by atoms with Crippen molar-refractivity contribution in [1.29, 1.82) is 0 Å². The van der Waals surface area contributed by atoms with Gasteiger partial charge in [-0.05, 0) is 85.6 Å². The molecule has 1 aliphatic rings. The van der Waals surface area contributed by atoms with E-state index in [-0.39, 0.29) is 12.6 Å². The van der Waals surface area contributed by atoms with Gasteiger partial charge in [-0.1, -0.05) is 0 Å². The number of benzene rings is 1. The SMILES string of the molecule is O=C(NCCCCN1CCCC1CO)Nc1ccc(I)cc1. The number of carbonyl (C=O) groups excluding carboxylic acids is 1. The number of unbranched alkanes of at least 4 members (excludes halogenated alkanes) is 1. The second-order valence-corrected chi connectivity index (χ2v) is 6.86. The average molecular weight is 417 g/mol. The summed E-state index contributed by atoms with van der Waals surface area (Å²) in [6, 6.07) is 7.90. The second kappa shape index (κ2) is 9.32. The molecular weight excluding hydrogens is 393 g/mol. The highest BCUT2D eigenvalue weighted by atomic mass is 127. The van der Waals surface area contributed by atoms with Crippen molar-refractivity contribution in [1.82, 2.24) is 10.2 Å². The monoisotopic (exact) mass is 417 g/mol. The fourth-order valence-electron chi connectivity index (χ4n) is 2.75. The predicted octanol–water partition coefficient (Wildman–Crippen LogP) is 2.65. The first-order valence-electron chi connectivity index (χ1n) is 7.84. The summed E-state index contributed by atoms with van der Waals surface area (Å²) in [4.78, 5) is 14.1. The number of carbonyl (C=O) groups is 1. The quantitative estimate of drug-likeness (QED) is 0.472. The molecule has 2 rings (SSSR count). The predicted molar refractivity (Wildman–Crippen MR) is 97.1 cm³/mol. The fourth-order valence-corrected chi connectivity index (χ4v) is 3.11. The van der Waals surface area contributed by atoms with E-state index in [0.29, 0.717) is 12.6 Å². The molecule has 6 heteroatoms. The van der Waals surface area contributed by atoms with Gasteiger partial charge in [0.15, 0.2) is 0 Å². The molecule has 1 heterocycles. The normalized spacial score (nSPS) is 18.4. The highest BCUT2D eigenvalue weighted by Gasteiger charge is 2.22. The lowest BCUT2D eigenvalue weighted by Gasteiger charge is -2.22. The third kappa shape index (κ3) is 5.73. The average Bonchev–Trinajstić information content (AvgIpc) is 2.97. The van der Waals surface area contributed by atoms with Crippen LogP contribution >= 0.6 is 22.6 Å². The van der Waals surface area contributed by atoms with Crippen LogP contribution < -0.4 is 10.6 Å². The maximum Gasteiger partial charge on any atom is 0.319 e. The molecule has 22 heavy (non-hydrogen) atoms. The van der Waals surface area contributed by atoms with Crippen molar-refractivity contribution < 1.29 is 9.90 Å². The Morgan fingerprint density at radius 3 is 2.82 bits per heavy atom. The van der Waals surface area contributed by atoms with Crippen LogP contribution in [0.4, 0.5) is 10.5 Å². The van der Waals surface area contributed by atoms with Crippen LogP contribution in [0.2, 0.25) is 0 Å². The van der Waals surface area contributed by atoms with Gasteiger partial charge in [-0.3, -0.25) is 4.90 Å². The van der Waals surface area contributed by atoms with Crippen LogP contribution in [0.25, 0.3) is 0 Å². The highest BCUT2D eigenvalue weighted by molar-refractivity contribution is 14.1. The van der Waals surface area contributed by atoms with Gasteiger partial charge in [-0.15, -0.1) is 0 Å². The van der Waals surface area contributed by atoms with E-state index in [4.69, 9.17) is 0 Å². The topological polar surface area (TPSA) is 64.6 Å². The van der Waals surface area contributed by atoms with Crippen molar-refractivity contribution in [2.45, 2.75) is 31.7 Å². The number of aliphatic hydroxyl groups is 1. The number of halogens is 1. The van der Waals surface area contributed by atoms with Crippen LogP contribution in [0, 0.1) is 3.57 Å². The van der Waals surface area contributed by atoms with Crippen molar-refractivity contribution in [2.24, 2.45) is 0 Å². The Morgan fingerprint density at radius 1 is 1.32 bits per heavy atom. The van der Waals surface area contributed by atoms with Crippen LogP contribution in [0.15, 0.2) is 24.3 Å². The second-order valence-electron chi connectivity index (χ2n) is 5.61. The van der Waals surface area contributed by atoms with Gasteiger partial charge < -0.3 is 15.7 Å². The molecule has 1 atom stereocenters. The number of urea groups is 1. The minimum Gasteiger partial charge on any atom is -0.395 e.